The summed E-state index contributed by atoms with van der Waals surface area (Å²) >= 11 is 5.90. The molecule has 2 rings (SSSR count). The van der Waals surface area contributed by atoms with Crippen LogP contribution >= 0.6 is 11.6 Å². The van der Waals surface area contributed by atoms with Crippen molar-refractivity contribution in [2.75, 3.05) is 41.1 Å². The molecule has 0 aromatic heterocycles. The molecule has 0 atom stereocenters. The van der Waals surface area contributed by atoms with Crippen LogP contribution in [0.1, 0.15) is 11.1 Å². The third kappa shape index (κ3) is 6.96. The quantitative estimate of drug-likeness (QED) is 0.343. The standard InChI is InChI=1S/C21H25ClN2O5/c1-26-12-13-29-18-9-4-15(14-19(18)27-2)10-11-23-21(25)20(24-28-3)16-5-7-17(22)8-6-16/h4-9,14H,10-13H2,1-3H3,(H,23,25). The number of nitrogens with one attached hydrogen (secondary N) is 1. The third-order valence-corrected chi connectivity index (χ3v) is 4.24. The van der Waals surface area contributed by atoms with Gasteiger partial charge in [0.15, 0.2) is 17.2 Å². The van der Waals surface area contributed by atoms with Crippen LogP contribution < -0.4 is 14.8 Å². The number of oxime groups is 1. The average Bonchev–Trinajstić information content (AvgIpc) is 2.73. The smallest absolute Gasteiger partial charge is 0.273 e. The summed E-state index contributed by atoms with van der Waals surface area (Å²) in [5.41, 5.74) is 1.80. The number of hydrogen-bond acceptors (Lipinski definition) is 6. The monoisotopic (exact) mass is 420 g/mol. The van der Waals surface area contributed by atoms with Crippen molar-refractivity contribution in [1.82, 2.24) is 5.32 Å². The number of amides is 1. The molecule has 7 nitrogen and oxygen atoms in total. The van der Waals surface area contributed by atoms with E-state index in [1.807, 2.05) is 18.2 Å². The summed E-state index contributed by atoms with van der Waals surface area (Å²) < 4.78 is 16.0. The predicted octanol–water partition coefficient (Wildman–Crippen LogP) is 3.08. The molecule has 156 valence electrons. The average molecular weight is 421 g/mol. The number of methoxy groups -OCH3 is 2. The Morgan fingerprint density at radius 1 is 1.03 bits per heavy atom. The van der Waals surface area contributed by atoms with E-state index in [4.69, 9.17) is 30.6 Å². The summed E-state index contributed by atoms with van der Waals surface area (Å²) in [4.78, 5) is 17.3. The van der Waals surface area contributed by atoms with E-state index in [0.29, 0.717) is 48.3 Å². The Morgan fingerprint density at radius 2 is 1.79 bits per heavy atom. The lowest BCUT2D eigenvalue weighted by atomic mass is 10.1. The minimum Gasteiger partial charge on any atom is -0.493 e. The van der Waals surface area contributed by atoms with Crippen LogP contribution in [-0.4, -0.2) is 52.7 Å². The van der Waals surface area contributed by atoms with Crippen LogP contribution in [0.15, 0.2) is 47.6 Å². The van der Waals surface area contributed by atoms with Crippen molar-refractivity contribution in [3.8, 4) is 11.5 Å². The summed E-state index contributed by atoms with van der Waals surface area (Å²) in [6.07, 6.45) is 0.612. The van der Waals surface area contributed by atoms with Crippen molar-refractivity contribution < 1.29 is 23.8 Å². The maximum absolute atomic E-state index is 12.5. The molecule has 2 aromatic carbocycles. The highest BCUT2D eigenvalue weighted by atomic mass is 35.5. The molecule has 0 aliphatic carbocycles. The first kappa shape index (κ1) is 22.5. The Labute approximate surface area is 175 Å². The normalized spacial score (nSPS) is 11.1. The number of hydrogen-bond donors (Lipinski definition) is 1. The largest absolute Gasteiger partial charge is 0.493 e. The van der Waals surface area contributed by atoms with Crippen molar-refractivity contribution in [2.45, 2.75) is 6.42 Å². The summed E-state index contributed by atoms with van der Waals surface area (Å²) in [5.74, 6) is 0.947. The molecule has 1 amide bonds. The first-order chi connectivity index (χ1) is 14.1. The summed E-state index contributed by atoms with van der Waals surface area (Å²) in [7, 11) is 4.60. The van der Waals surface area contributed by atoms with Gasteiger partial charge in [0, 0.05) is 24.2 Å². The number of rotatable bonds is 11. The second kappa shape index (κ2) is 11.9. The molecule has 0 radical (unpaired) electrons. The van der Waals surface area contributed by atoms with Crippen LogP contribution in [0.4, 0.5) is 0 Å². The Balaban J connectivity index is 1.96. The van der Waals surface area contributed by atoms with Gasteiger partial charge < -0.3 is 24.4 Å². The van der Waals surface area contributed by atoms with Crippen LogP contribution in [0, 0.1) is 0 Å². The second-order valence-electron chi connectivity index (χ2n) is 5.96. The summed E-state index contributed by atoms with van der Waals surface area (Å²) in [5, 5.41) is 7.27. The molecule has 29 heavy (non-hydrogen) atoms. The molecule has 0 bridgehead atoms. The lowest BCUT2D eigenvalue weighted by molar-refractivity contribution is -0.114. The zero-order valence-corrected chi connectivity index (χ0v) is 17.5. The van der Waals surface area contributed by atoms with Gasteiger partial charge in [0.2, 0.25) is 0 Å². The van der Waals surface area contributed by atoms with Gasteiger partial charge in [-0.15, -0.1) is 0 Å². The predicted molar refractivity (Wildman–Crippen MR) is 112 cm³/mol. The fourth-order valence-corrected chi connectivity index (χ4v) is 2.68. The molecule has 0 unspecified atom stereocenters. The van der Waals surface area contributed by atoms with E-state index >= 15 is 0 Å². The van der Waals surface area contributed by atoms with Crippen LogP contribution in [-0.2, 0) is 20.8 Å². The molecule has 0 spiro atoms. The van der Waals surface area contributed by atoms with E-state index in [9.17, 15) is 4.79 Å². The molecule has 2 aromatic rings. The van der Waals surface area contributed by atoms with E-state index in [1.165, 1.54) is 7.11 Å². The SMILES string of the molecule is COCCOc1ccc(CCNC(=O)C(=NOC)c2ccc(Cl)cc2)cc1OC. The molecule has 0 saturated carbocycles. The molecule has 1 N–H and O–H groups in total. The Kier molecular flexibility index (Phi) is 9.27. The lowest BCUT2D eigenvalue weighted by Crippen LogP contribution is -2.33. The molecular formula is C21H25ClN2O5. The summed E-state index contributed by atoms with van der Waals surface area (Å²) in [6.45, 7) is 1.35. The molecule has 0 aliphatic heterocycles. The maximum Gasteiger partial charge on any atom is 0.273 e. The van der Waals surface area contributed by atoms with Gasteiger partial charge in [-0.25, -0.2) is 0 Å². The minimum absolute atomic E-state index is 0.184. The fraction of sp³-hybridized carbons (Fsp3) is 0.333. The first-order valence-electron chi connectivity index (χ1n) is 9.03. The zero-order chi connectivity index (χ0) is 21.1. The van der Waals surface area contributed by atoms with Crippen molar-refractivity contribution in [1.29, 1.82) is 0 Å². The van der Waals surface area contributed by atoms with Gasteiger partial charge in [0.1, 0.15) is 13.7 Å². The Morgan fingerprint density at radius 3 is 2.45 bits per heavy atom. The minimum atomic E-state index is -0.333. The second-order valence-corrected chi connectivity index (χ2v) is 6.40. The third-order valence-electron chi connectivity index (χ3n) is 3.99. The van der Waals surface area contributed by atoms with Crippen molar-refractivity contribution in [2.24, 2.45) is 5.16 Å². The zero-order valence-electron chi connectivity index (χ0n) is 16.7. The van der Waals surface area contributed by atoms with Gasteiger partial charge >= 0.3 is 0 Å². The summed E-state index contributed by atoms with van der Waals surface area (Å²) in [6, 6.07) is 12.5. The highest BCUT2D eigenvalue weighted by molar-refractivity contribution is 6.45. The van der Waals surface area contributed by atoms with Crippen molar-refractivity contribution >= 4 is 23.2 Å². The van der Waals surface area contributed by atoms with Gasteiger partial charge in [0.05, 0.1) is 13.7 Å². The van der Waals surface area contributed by atoms with E-state index in [2.05, 4.69) is 10.5 Å². The molecule has 0 heterocycles. The van der Waals surface area contributed by atoms with E-state index in [0.717, 1.165) is 5.56 Å². The van der Waals surface area contributed by atoms with Gasteiger partial charge in [-0.05, 0) is 36.2 Å². The van der Waals surface area contributed by atoms with E-state index < -0.39 is 0 Å². The highest BCUT2D eigenvalue weighted by Crippen LogP contribution is 2.28. The number of carbonyl (C=O) groups is 1. The fourth-order valence-electron chi connectivity index (χ4n) is 2.55. The topological polar surface area (TPSA) is 78.4 Å². The number of carbonyl (C=O) groups excluding carboxylic acids is 1. The van der Waals surface area contributed by atoms with Gasteiger partial charge in [-0.3, -0.25) is 4.79 Å². The maximum atomic E-state index is 12.5. The molecule has 0 fully saturated rings. The van der Waals surface area contributed by atoms with Crippen LogP contribution in [0.2, 0.25) is 5.02 Å². The number of nitrogens with zero attached hydrogens (tertiary/aromatic N) is 1. The van der Waals surface area contributed by atoms with Gasteiger partial charge in [-0.2, -0.15) is 0 Å². The van der Waals surface area contributed by atoms with Crippen molar-refractivity contribution in [3.63, 3.8) is 0 Å². The molecular weight excluding hydrogens is 396 g/mol. The molecule has 8 heteroatoms. The van der Waals surface area contributed by atoms with Crippen LogP contribution in [0.3, 0.4) is 0 Å². The Hall–Kier alpha value is -2.77. The molecule has 0 saturated heterocycles. The number of ether oxygens (including phenoxy) is 3. The first-order valence-corrected chi connectivity index (χ1v) is 9.40. The van der Waals surface area contributed by atoms with Crippen molar-refractivity contribution in [3.05, 3.63) is 58.6 Å². The van der Waals surface area contributed by atoms with E-state index in [1.54, 1.807) is 38.5 Å². The lowest BCUT2D eigenvalue weighted by Gasteiger charge is -2.12. The highest BCUT2D eigenvalue weighted by Gasteiger charge is 2.15. The van der Waals surface area contributed by atoms with Gasteiger partial charge in [0.25, 0.3) is 5.91 Å². The van der Waals surface area contributed by atoms with Gasteiger partial charge in [-0.1, -0.05) is 35.0 Å². The number of benzene rings is 2. The number of halogens is 1. The van der Waals surface area contributed by atoms with Crippen LogP contribution in [0.5, 0.6) is 11.5 Å². The molecule has 0 aliphatic rings. The van der Waals surface area contributed by atoms with E-state index in [-0.39, 0.29) is 11.6 Å². The Bertz CT molecular complexity index is 824. The van der Waals surface area contributed by atoms with Crippen LogP contribution in [0.25, 0.3) is 0 Å².